The van der Waals surface area contributed by atoms with Crippen LogP contribution in [0.5, 0.6) is 17.2 Å². The van der Waals surface area contributed by atoms with Gasteiger partial charge in [-0.3, -0.25) is 14.6 Å². The molecule has 0 aromatic heterocycles. The number of benzene rings is 2. The number of ether oxygens (including phenoxy) is 3. The van der Waals surface area contributed by atoms with E-state index in [2.05, 4.69) is 27.2 Å². The van der Waals surface area contributed by atoms with Gasteiger partial charge in [-0.05, 0) is 29.8 Å². The third-order valence-electron chi connectivity index (χ3n) is 5.06. The van der Waals surface area contributed by atoms with Gasteiger partial charge in [0.05, 0.1) is 33.6 Å². The lowest BCUT2D eigenvalue weighted by Crippen LogP contribution is -2.48. The maximum atomic E-state index is 12.5. The number of rotatable bonds is 8. The zero-order valence-corrected chi connectivity index (χ0v) is 17.3. The Kier molecular flexibility index (Phi) is 7.32. The zero-order valence-electron chi connectivity index (χ0n) is 17.3. The van der Waals surface area contributed by atoms with Crippen LogP contribution in [0.4, 0.5) is 5.69 Å². The summed E-state index contributed by atoms with van der Waals surface area (Å²) in [6, 6.07) is 13.5. The van der Waals surface area contributed by atoms with Crippen molar-refractivity contribution in [1.82, 2.24) is 9.80 Å². The summed E-state index contributed by atoms with van der Waals surface area (Å²) in [5, 5.41) is 2.94. The topological polar surface area (TPSA) is 63.3 Å². The number of carbonyl (C=O) groups is 1. The Balaban J connectivity index is 1.47. The van der Waals surface area contributed by atoms with E-state index in [0.29, 0.717) is 23.7 Å². The van der Waals surface area contributed by atoms with E-state index in [1.165, 1.54) is 5.56 Å². The van der Waals surface area contributed by atoms with Crippen LogP contribution in [0.15, 0.2) is 42.5 Å². The third-order valence-corrected chi connectivity index (χ3v) is 5.06. The van der Waals surface area contributed by atoms with Crippen LogP contribution in [0.25, 0.3) is 0 Å². The fraction of sp³-hybridized carbons (Fsp3) is 0.409. The molecule has 0 bridgehead atoms. The number of anilines is 1. The molecule has 1 N–H and O–H groups in total. The summed E-state index contributed by atoms with van der Waals surface area (Å²) in [7, 11) is 4.86. The smallest absolute Gasteiger partial charge is 0.238 e. The lowest BCUT2D eigenvalue weighted by Gasteiger charge is -2.34. The number of carbonyl (C=O) groups excluding carboxylic acids is 1. The molecule has 1 aliphatic rings. The van der Waals surface area contributed by atoms with E-state index in [1.807, 2.05) is 12.1 Å². The Labute approximate surface area is 172 Å². The number of hydrogen-bond donors (Lipinski definition) is 1. The van der Waals surface area contributed by atoms with E-state index < -0.39 is 0 Å². The molecule has 0 aliphatic carbocycles. The molecule has 0 atom stereocenters. The molecule has 0 radical (unpaired) electrons. The average Bonchev–Trinajstić information content (AvgIpc) is 2.75. The Morgan fingerprint density at radius 1 is 0.897 bits per heavy atom. The van der Waals surface area contributed by atoms with E-state index in [9.17, 15) is 4.79 Å². The molecule has 7 heteroatoms. The molecule has 0 unspecified atom stereocenters. The number of nitrogens with zero attached hydrogens (tertiary/aromatic N) is 2. The minimum absolute atomic E-state index is 0.0466. The number of piperazine rings is 1. The maximum Gasteiger partial charge on any atom is 0.238 e. The summed E-state index contributed by atoms with van der Waals surface area (Å²) in [6.45, 7) is 4.82. The SMILES string of the molecule is COc1cccc(CN2CCN(CC(=O)Nc3ccc(OC)cc3OC)CC2)c1. The molecular formula is C22H29N3O4. The van der Waals surface area contributed by atoms with Crippen molar-refractivity contribution < 1.29 is 19.0 Å². The highest BCUT2D eigenvalue weighted by Crippen LogP contribution is 2.29. The molecule has 1 heterocycles. The molecule has 1 saturated heterocycles. The van der Waals surface area contributed by atoms with Crippen molar-refractivity contribution in [2.24, 2.45) is 0 Å². The third kappa shape index (κ3) is 5.85. The first-order chi connectivity index (χ1) is 14.1. The summed E-state index contributed by atoms with van der Waals surface area (Å²) in [4.78, 5) is 17.1. The van der Waals surface area contributed by atoms with Crippen LogP contribution < -0.4 is 19.5 Å². The van der Waals surface area contributed by atoms with E-state index in [1.54, 1.807) is 39.5 Å². The zero-order chi connectivity index (χ0) is 20.6. The van der Waals surface area contributed by atoms with Gasteiger partial charge in [0.15, 0.2) is 0 Å². The minimum atomic E-state index is -0.0466. The summed E-state index contributed by atoms with van der Waals surface area (Å²) in [6.07, 6.45) is 0. The van der Waals surface area contributed by atoms with E-state index in [0.717, 1.165) is 38.5 Å². The number of methoxy groups -OCH3 is 3. The number of nitrogens with one attached hydrogen (secondary N) is 1. The second-order valence-corrected chi connectivity index (χ2v) is 7.02. The van der Waals surface area contributed by atoms with Crippen LogP contribution in [0.3, 0.4) is 0 Å². The van der Waals surface area contributed by atoms with Crippen LogP contribution in [-0.4, -0.2) is 69.8 Å². The lowest BCUT2D eigenvalue weighted by atomic mass is 10.2. The normalized spacial score (nSPS) is 15.0. The molecule has 0 saturated carbocycles. The van der Waals surface area contributed by atoms with Crippen LogP contribution in [-0.2, 0) is 11.3 Å². The van der Waals surface area contributed by atoms with Crippen LogP contribution in [0.2, 0.25) is 0 Å². The number of hydrogen-bond acceptors (Lipinski definition) is 6. The van der Waals surface area contributed by atoms with E-state index in [4.69, 9.17) is 14.2 Å². The molecule has 7 nitrogen and oxygen atoms in total. The van der Waals surface area contributed by atoms with Crippen molar-refractivity contribution in [2.45, 2.75) is 6.54 Å². The first-order valence-corrected chi connectivity index (χ1v) is 9.71. The summed E-state index contributed by atoms with van der Waals surface area (Å²) >= 11 is 0. The van der Waals surface area contributed by atoms with Crippen molar-refractivity contribution in [3.63, 3.8) is 0 Å². The van der Waals surface area contributed by atoms with E-state index in [-0.39, 0.29) is 5.91 Å². The monoisotopic (exact) mass is 399 g/mol. The van der Waals surface area contributed by atoms with Crippen LogP contribution in [0.1, 0.15) is 5.56 Å². The van der Waals surface area contributed by atoms with Gasteiger partial charge in [-0.25, -0.2) is 0 Å². The first-order valence-electron chi connectivity index (χ1n) is 9.71. The average molecular weight is 399 g/mol. The van der Waals surface area contributed by atoms with Gasteiger partial charge in [0.1, 0.15) is 17.2 Å². The van der Waals surface area contributed by atoms with Gasteiger partial charge in [0.25, 0.3) is 0 Å². The molecule has 2 aromatic carbocycles. The Morgan fingerprint density at radius 2 is 1.59 bits per heavy atom. The Hall–Kier alpha value is -2.77. The first kappa shape index (κ1) is 21.0. The molecule has 0 spiro atoms. The molecule has 3 rings (SSSR count). The predicted octanol–water partition coefficient (Wildman–Crippen LogP) is 2.47. The van der Waals surface area contributed by atoms with Crippen molar-refractivity contribution in [3.8, 4) is 17.2 Å². The molecule has 2 aromatic rings. The lowest BCUT2D eigenvalue weighted by molar-refractivity contribution is -0.117. The molecule has 1 aliphatic heterocycles. The summed E-state index contributed by atoms with van der Waals surface area (Å²) in [5.41, 5.74) is 1.89. The quantitative estimate of drug-likeness (QED) is 0.736. The van der Waals surface area contributed by atoms with Crippen LogP contribution in [0, 0.1) is 0 Å². The van der Waals surface area contributed by atoms with Gasteiger partial charge >= 0.3 is 0 Å². The molecule has 29 heavy (non-hydrogen) atoms. The fourth-order valence-electron chi connectivity index (χ4n) is 3.43. The number of amides is 1. The highest BCUT2D eigenvalue weighted by molar-refractivity contribution is 5.93. The highest BCUT2D eigenvalue weighted by Gasteiger charge is 2.20. The second-order valence-electron chi connectivity index (χ2n) is 7.02. The largest absolute Gasteiger partial charge is 0.497 e. The Morgan fingerprint density at radius 3 is 2.28 bits per heavy atom. The van der Waals surface area contributed by atoms with Gasteiger partial charge in [0, 0.05) is 38.8 Å². The summed E-state index contributed by atoms with van der Waals surface area (Å²) < 4.78 is 15.8. The standard InChI is InChI=1S/C22H29N3O4/c1-27-18-6-4-5-17(13-18)15-24-9-11-25(12-10-24)16-22(26)23-20-8-7-19(28-2)14-21(20)29-3/h4-8,13-14H,9-12,15-16H2,1-3H3,(H,23,26). The fourth-order valence-corrected chi connectivity index (χ4v) is 3.43. The van der Waals surface area contributed by atoms with Gasteiger partial charge in [-0.15, -0.1) is 0 Å². The van der Waals surface area contributed by atoms with Crippen LogP contribution >= 0.6 is 0 Å². The van der Waals surface area contributed by atoms with Gasteiger partial charge in [-0.1, -0.05) is 12.1 Å². The molecule has 1 amide bonds. The highest BCUT2D eigenvalue weighted by atomic mass is 16.5. The van der Waals surface area contributed by atoms with Crippen molar-refractivity contribution in [1.29, 1.82) is 0 Å². The van der Waals surface area contributed by atoms with Gasteiger partial charge in [0.2, 0.25) is 5.91 Å². The maximum absolute atomic E-state index is 12.5. The molecular weight excluding hydrogens is 370 g/mol. The Bertz CT molecular complexity index is 819. The molecule has 1 fully saturated rings. The van der Waals surface area contributed by atoms with Crippen molar-refractivity contribution in [2.75, 3.05) is 59.4 Å². The predicted molar refractivity (Wildman–Crippen MR) is 113 cm³/mol. The van der Waals surface area contributed by atoms with Crippen molar-refractivity contribution in [3.05, 3.63) is 48.0 Å². The minimum Gasteiger partial charge on any atom is -0.497 e. The molecule has 156 valence electrons. The van der Waals surface area contributed by atoms with Crippen molar-refractivity contribution >= 4 is 11.6 Å². The summed E-state index contributed by atoms with van der Waals surface area (Å²) in [5.74, 6) is 2.11. The van der Waals surface area contributed by atoms with Gasteiger partial charge in [-0.2, -0.15) is 0 Å². The second kappa shape index (κ2) is 10.1. The van der Waals surface area contributed by atoms with Gasteiger partial charge < -0.3 is 19.5 Å². The van der Waals surface area contributed by atoms with E-state index >= 15 is 0 Å².